The highest BCUT2D eigenvalue weighted by Gasteiger charge is 2.13. The largest absolute Gasteiger partial charge is 0.382 e. The van der Waals surface area contributed by atoms with E-state index in [1.807, 2.05) is 6.07 Å². The number of ether oxygens (including phenoxy) is 2. The van der Waals surface area contributed by atoms with Crippen LogP contribution in [0.4, 0.5) is 0 Å². The van der Waals surface area contributed by atoms with Gasteiger partial charge in [0.15, 0.2) is 11.7 Å². The molecule has 7 nitrogen and oxygen atoms in total. The molecule has 0 atom stereocenters. The summed E-state index contributed by atoms with van der Waals surface area (Å²) >= 11 is 0. The number of nitrogens with one attached hydrogen (secondary N) is 2. The normalized spacial score (nSPS) is 12.0. The highest BCUT2D eigenvalue weighted by molar-refractivity contribution is 5.79. The van der Waals surface area contributed by atoms with Crippen LogP contribution in [0.25, 0.3) is 0 Å². The molecule has 0 aliphatic carbocycles. The molecule has 0 saturated carbocycles. The Morgan fingerprint density at radius 1 is 1.25 bits per heavy atom. The zero-order valence-electron chi connectivity index (χ0n) is 15.4. The Labute approximate surface area is 145 Å². The van der Waals surface area contributed by atoms with Gasteiger partial charge < -0.3 is 24.6 Å². The molecular weight excluding hydrogens is 308 g/mol. The number of methoxy groups -OCH3 is 1. The Balaban J connectivity index is 2.24. The summed E-state index contributed by atoms with van der Waals surface area (Å²) in [4.78, 5) is 4.20. The first-order chi connectivity index (χ1) is 11.7. The van der Waals surface area contributed by atoms with Crippen molar-refractivity contribution in [1.29, 1.82) is 0 Å². The van der Waals surface area contributed by atoms with Crippen molar-refractivity contribution in [3.8, 4) is 0 Å². The minimum Gasteiger partial charge on any atom is -0.382 e. The molecule has 0 unspecified atom stereocenters. The fraction of sp³-hybridized carbons (Fsp3) is 0.765. The standard InChI is InChI=1S/C17H32N4O3/c1-5-14(6-2)16-12-15(24-21-16)13-20-17(18-3)19-8-7-9-23-11-10-22-4/h12,14H,5-11,13H2,1-4H3,(H2,18,19,20). The minimum atomic E-state index is 0.470. The number of aliphatic imine (C=N–C) groups is 1. The first kappa shape index (κ1) is 20.4. The molecule has 0 amide bonds. The molecule has 138 valence electrons. The summed E-state index contributed by atoms with van der Waals surface area (Å²) in [5, 5.41) is 10.6. The SMILES string of the molecule is CCC(CC)c1cc(CNC(=NC)NCCCOCCOC)on1. The van der Waals surface area contributed by atoms with Crippen molar-refractivity contribution in [1.82, 2.24) is 15.8 Å². The molecule has 0 radical (unpaired) electrons. The van der Waals surface area contributed by atoms with Gasteiger partial charge in [-0.05, 0) is 19.3 Å². The van der Waals surface area contributed by atoms with Crippen molar-refractivity contribution >= 4 is 5.96 Å². The van der Waals surface area contributed by atoms with Crippen molar-refractivity contribution in [2.75, 3.05) is 40.5 Å². The van der Waals surface area contributed by atoms with Crippen molar-refractivity contribution in [2.24, 2.45) is 4.99 Å². The van der Waals surface area contributed by atoms with Crippen LogP contribution >= 0.6 is 0 Å². The van der Waals surface area contributed by atoms with E-state index in [0.717, 1.165) is 43.2 Å². The van der Waals surface area contributed by atoms with Gasteiger partial charge in [0.2, 0.25) is 0 Å². The summed E-state index contributed by atoms with van der Waals surface area (Å²) in [6.45, 7) is 7.67. The molecular formula is C17H32N4O3. The van der Waals surface area contributed by atoms with Crippen LogP contribution in [0.15, 0.2) is 15.6 Å². The molecule has 0 aromatic carbocycles. The van der Waals surface area contributed by atoms with E-state index in [9.17, 15) is 0 Å². The molecule has 0 aliphatic heterocycles. The molecule has 1 rings (SSSR count). The summed E-state index contributed by atoms with van der Waals surface area (Å²) in [6.07, 6.45) is 3.06. The summed E-state index contributed by atoms with van der Waals surface area (Å²) in [5.41, 5.74) is 1.04. The van der Waals surface area contributed by atoms with Crippen LogP contribution < -0.4 is 10.6 Å². The van der Waals surface area contributed by atoms with E-state index in [1.54, 1.807) is 14.2 Å². The minimum absolute atomic E-state index is 0.470. The molecule has 0 fully saturated rings. The average molecular weight is 340 g/mol. The zero-order valence-corrected chi connectivity index (χ0v) is 15.4. The number of rotatable bonds is 12. The first-order valence-corrected chi connectivity index (χ1v) is 8.71. The highest BCUT2D eigenvalue weighted by Crippen LogP contribution is 2.22. The summed E-state index contributed by atoms with van der Waals surface area (Å²) in [7, 11) is 3.42. The van der Waals surface area contributed by atoms with Gasteiger partial charge in [-0.1, -0.05) is 19.0 Å². The number of hydrogen-bond acceptors (Lipinski definition) is 5. The predicted octanol–water partition coefficient (Wildman–Crippen LogP) is 2.30. The Hall–Kier alpha value is -1.60. The lowest BCUT2D eigenvalue weighted by molar-refractivity contribution is 0.0698. The predicted molar refractivity (Wildman–Crippen MR) is 95.3 cm³/mol. The van der Waals surface area contributed by atoms with Crippen LogP contribution in [-0.2, 0) is 16.0 Å². The molecule has 1 aromatic rings. The Kier molecular flexibility index (Phi) is 10.9. The fourth-order valence-electron chi connectivity index (χ4n) is 2.33. The van der Waals surface area contributed by atoms with Gasteiger partial charge in [0, 0.05) is 39.3 Å². The van der Waals surface area contributed by atoms with Crippen LogP contribution in [0.3, 0.4) is 0 Å². The lowest BCUT2D eigenvalue weighted by Crippen LogP contribution is -2.37. The van der Waals surface area contributed by atoms with Crippen LogP contribution in [-0.4, -0.2) is 51.6 Å². The summed E-state index contributed by atoms with van der Waals surface area (Å²) in [6, 6.07) is 2.03. The Morgan fingerprint density at radius 3 is 2.71 bits per heavy atom. The van der Waals surface area contributed by atoms with E-state index in [-0.39, 0.29) is 0 Å². The number of hydrogen-bond donors (Lipinski definition) is 2. The van der Waals surface area contributed by atoms with E-state index < -0.39 is 0 Å². The van der Waals surface area contributed by atoms with Gasteiger partial charge in [0.1, 0.15) is 0 Å². The molecule has 7 heteroatoms. The maximum absolute atomic E-state index is 5.42. The van der Waals surface area contributed by atoms with Gasteiger partial charge in [-0.3, -0.25) is 4.99 Å². The average Bonchev–Trinajstić information content (AvgIpc) is 3.06. The van der Waals surface area contributed by atoms with Crippen molar-refractivity contribution in [2.45, 2.75) is 45.6 Å². The van der Waals surface area contributed by atoms with Gasteiger partial charge in [-0.15, -0.1) is 0 Å². The summed E-state index contributed by atoms with van der Waals surface area (Å²) in [5.74, 6) is 2.04. The molecule has 0 spiro atoms. The Bertz CT molecular complexity index is 458. The molecule has 0 saturated heterocycles. The van der Waals surface area contributed by atoms with Crippen molar-refractivity contribution in [3.05, 3.63) is 17.5 Å². The van der Waals surface area contributed by atoms with Crippen molar-refractivity contribution < 1.29 is 14.0 Å². The van der Waals surface area contributed by atoms with Crippen LogP contribution in [0.2, 0.25) is 0 Å². The van der Waals surface area contributed by atoms with E-state index in [4.69, 9.17) is 14.0 Å². The van der Waals surface area contributed by atoms with E-state index >= 15 is 0 Å². The van der Waals surface area contributed by atoms with Gasteiger partial charge in [-0.25, -0.2) is 0 Å². The monoisotopic (exact) mass is 340 g/mol. The van der Waals surface area contributed by atoms with E-state index in [2.05, 4.69) is 34.6 Å². The topological polar surface area (TPSA) is 80.9 Å². The second-order valence-corrected chi connectivity index (χ2v) is 5.54. The lowest BCUT2D eigenvalue weighted by atomic mass is 9.99. The lowest BCUT2D eigenvalue weighted by Gasteiger charge is -2.10. The number of aromatic nitrogens is 1. The molecule has 24 heavy (non-hydrogen) atoms. The van der Waals surface area contributed by atoms with Gasteiger partial charge in [0.05, 0.1) is 25.5 Å². The fourth-order valence-corrected chi connectivity index (χ4v) is 2.33. The maximum atomic E-state index is 5.42. The van der Waals surface area contributed by atoms with Gasteiger partial charge in [-0.2, -0.15) is 0 Å². The quantitative estimate of drug-likeness (QED) is 0.345. The number of nitrogens with zero attached hydrogens (tertiary/aromatic N) is 2. The highest BCUT2D eigenvalue weighted by atomic mass is 16.5. The van der Waals surface area contributed by atoms with Crippen LogP contribution in [0.5, 0.6) is 0 Å². The molecule has 0 bridgehead atoms. The molecule has 1 aromatic heterocycles. The second-order valence-electron chi connectivity index (χ2n) is 5.54. The van der Waals surface area contributed by atoms with Crippen LogP contribution in [0.1, 0.15) is 50.5 Å². The third-order valence-corrected chi connectivity index (χ3v) is 3.82. The molecule has 2 N–H and O–H groups in total. The Morgan fingerprint density at radius 2 is 2.04 bits per heavy atom. The van der Waals surface area contributed by atoms with Crippen molar-refractivity contribution in [3.63, 3.8) is 0 Å². The summed E-state index contributed by atoms with van der Waals surface area (Å²) < 4.78 is 15.7. The smallest absolute Gasteiger partial charge is 0.191 e. The molecule has 1 heterocycles. The van der Waals surface area contributed by atoms with Crippen LogP contribution in [0, 0.1) is 0 Å². The van der Waals surface area contributed by atoms with Gasteiger partial charge >= 0.3 is 0 Å². The third kappa shape index (κ3) is 7.79. The van der Waals surface area contributed by atoms with E-state index in [0.29, 0.717) is 32.3 Å². The first-order valence-electron chi connectivity index (χ1n) is 8.71. The van der Waals surface area contributed by atoms with E-state index in [1.165, 1.54) is 0 Å². The van der Waals surface area contributed by atoms with Gasteiger partial charge in [0.25, 0.3) is 0 Å². The number of guanidine groups is 1. The third-order valence-electron chi connectivity index (χ3n) is 3.82. The zero-order chi connectivity index (χ0) is 17.6. The second kappa shape index (κ2) is 12.8. The maximum Gasteiger partial charge on any atom is 0.191 e. The molecule has 0 aliphatic rings.